The van der Waals surface area contributed by atoms with Crippen LogP contribution in [0.1, 0.15) is 43.2 Å². The molecule has 2 aromatic heterocycles. The van der Waals surface area contributed by atoms with Crippen molar-refractivity contribution in [3.63, 3.8) is 0 Å². The SMILES string of the molecule is CN(CCCc1cnc2occc2c1)CC[C@]1(O)C[C@@H]2CC[C@@H]1C=C2c1ccccc1. The maximum absolute atomic E-state index is 11.5. The fourth-order valence-corrected chi connectivity index (χ4v) is 5.53. The van der Waals surface area contributed by atoms with E-state index >= 15 is 0 Å². The molecule has 0 aliphatic heterocycles. The zero-order chi connectivity index (χ0) is 21.3. The van der Waals surface area contributed by atoms with Crippen molar-refractivity contribution in [2.75, 3.05) is 20.1 Å². The van der Waals surface area contributed by atoms with Gasteiger partial charge < -0.3 is 14.4 Å². The number of aryl methyl sites for hydroxylation is 1. The molecular weight excluding hydrogens is 384 g/mol. The molecule has 3 aliphatic carbocycles. The van der Waals surface area contributed by atoms with E-state index < -0.39 is 5.60 Å². The van der Waals surface area contributed by atoms with Crippen molar-refractivity contribution in [3.8, 4) is 0 Å². The highest BCUT2D eigenvalue weighted by molar-refractivity contribution is 5.73. The Morgan fingerprint density at radius 2 is 2.03 bits per heavy atom. The highest BCUT2D eigenvalue weighted by atomic mass is 16.3. The summed E-state index contributed by atoms with van der Waals surface area (Å²) in [4.78, 5) is 6.74. The Kier molecular flexibility index (Phi) is 5.68. The molecule has 3 atom stereocenters. The van der Waals surface area contributed by atoms with E-state index in [1.807, 2.05) is 12.3 Å². The average Bonchev–Trinajstić information content (AvgIpc) is 3.27. The minimum Gasteiger partial charge on any atom is -0.446 e. The molecule has 1 N–H and O–H groups in total. The lowest BCUT2D eigenvalue weighted by atomic mass is 9.61. The topological polar surface area (TPSA) is 49.5 Å². The van der Waals surface area contributed by atoms with Crippen LogP contribution in [0.5, 0.6) is 0 Å². The Hall–Kier alpha value is -2.43. The van der Waals surface area contributed by atoms with Crippen molar-refractivity contribution in [2.45, 2.75) is 44.1 Å². The van der Waals surface area contributed by atoms with Crippen molar-refractivity contribution in [2.24, 2.45) is 11.8 Å². The molecular formula is C27H32N2O2. The number of allylic oxidation sites excluding steroid dienone is 1. The molecule has 6 rings (SSSR count). The molecule has 1 aromatic carbocycles. The number of aliphatic hydroxyl groups is 1. The predicted molar refractivity (Wildman–Crippen MR) is 125 cm³/mol. The normalized spacial score (nSPS) is 25.3. The van der Waals surface area contributed by atoms with Crippen molar-refractivity contribution < 1.29 is 9.52 Å². The Morgan fingerprint density at radius 3 is 2.84 bits per heavy atom. The number of pyridine rings is 1. The third-order valence-corrected chi connectivity index (χ3v) is 7.34. The van der Waals surface area contributed by atoms with Crippen LogP contribution in [0.3, 0.4) is 0 Å². The van der Waals surface area contributed by atoms with E-state index in [9.17, 15) is 5.11 Å². The number of rotatable bonds is 8. The fraction of sp³-hybridized carbons (Fsp3) is 0.444. The van der Waals surface area contributed by atoms with Crippen LogP contribution in [-0.4, -0.2) is 40.7 Å². The van der Waals surface area contributed by atoms with Gasteiger partial charge in [-0.25, -0.2) is 4.98 Å². The summed E-state index contributed by atoms with van der Waals surface area (Å²) in [6.45, 7) is 1.96. The van der Waals surface area contributed by atoms with Crippen molar-refractivity contribution >= 4 is 16.7 Å². The first-order valence-electron chi connectivity index (χ1n) is 11.6. The molecule has 0 saturated heterocycles. The average molecular weight is 417 g/mol. The van der Waals surface area contributed by atoms with Crippen LogP contribution in [-0.2, 0) is 6.42 Å². The molecule has 4 heteroatoms. The summed E-state index contributed by atoms with van der Waals surface area (Å²) in [7, 11) is 2.17. The summed E-state index contributed by atoms with van der Waals surface area (Å²) in [6.07, 6.45) is 12.2. The van der Waals surface area contributed by atoms with Gasteiger partial charge in [-0.05, 0) is 86.9 Å². The maximum Gasteiger partial charge on any atom is 0.225 e. The first-order chi connectivity index (χ1) is 15.1. The molecule has 0 radical (unpaired) electrons. The van der Waals surface area contributed by atoms with Crippen molar-refractivity contribution in [3.05, 3.63) is 72.1 Å². The summed E-state index contributed by atoms with van der Waals surface area (Å²) >= 11 is 0. The number of furan rings is 1. The second-order valence-electron chi connectivity index (χ2n) is 9.49. The Bertz CT molecular complexity index is 1060. The van der Waals surface area contributed by atoms with Gasteiger partial charge in [0, 0.05) is 24.0 Å². The van der Waals surface area contributed by atoms with Crippen LogP contribution in [0.2, 0.25) is 0 Å². The number of benzene rings is 1. The van der Waals surface area contributed by atoms with Gasteiger partial charge in [0.1, 0.15) is 0 Å². The van der Waals surface area contributed by atoms with Gasteiger partial charge in [-0.2, -0.15) is 0 Å². The highest BCUT2D eigenvalue weighted by Gasteiger charge is 2.46. The van der Waals surface area contributed by atoms with Gasteiger partial charge in [0.2, 0.25) is 5.71 Å². The maximum atomic E-state index is 11.5. The summed E-state index contributed by atoms with van der Waals surface area (Å²) in [5.74, 6) is 0.780. The van der Waals surface area contributed by atoms with E-state index in [1.165, 1.54) is 23.1 Å². The van der Waals surface area contributed by atoms with Gasteiger partial charge in [-0.3, -0.25) is 0 Å². The first-order valence-corrected chi connectivity index (χ1v) is 11.6. The van der Waals surface area contributed by atoms with Gasteiger partial charge in [-0.1, -0.05) is 36.4 Å². The van der Waals surface area contributed by atoms with E-state index in [-0.39, 0.29) is 5.92 Å². The minimum absolute atomic E-state index is 0.286. The number of fused-ring (bicyclic) bond motifs is 3. The van der Waals surface area contributed by atoms with Gasteiger partial charge in [0.25, 0.3) is 0 Å². The molecule has 1 saturated carbocycles. The lowest BCUT2D eigenvalue weighted by Gasteiger charge is -2.48. The first kappa shape index (κ1) is 20.5. The van der Waals surface area contributed by atoms with Crippen LogP contribution in [0.25, 0.3) is 16.7 Å². The minimum atomic E-state index is -0.550. The molecule has 3 aromatic rings. The lowest BCUT2D eigenvalue weighted by Crippen LogP contribution is -2.48. The van der Waals surface area contributed by atoms with Crippen LogP contribution in [0.15, 0.2) is 65.4 Å². The quantitative estimate of drug-likeness (QED) is 0.539. The van der Waals surface area contributed by atoms with Gasteiger partial charge in [0.15, 0.2) is 0 Å². The van der Waals surface area contributed by atoms with Crippen molar-refractivity contribution in [1.29, 1.82) is 0 Å². The molecule has 2 heterocycles. The molecule has 3 aliphatic rings. The number of aromatic nitrogens is 1. The number of hydrogen-bond acceptors (Lipinski definition) is 4. The van der Waals surface area contributed by atoms with Crippen molar-refractivity contribution in [1.82, 2.24) is 9.88 Å². The zero-order valence-electron chi connectivity index (χ0n) is 18.3. The monoisotopic (exact) mass is 416 g/mol. The predicted octanol–water partition coefficient (Wildman–Crippen LogP) is 5.33. The second-order valence-corrected chi connectivity index (χ2v) is 9.49. The third-order valence-electron chi connectivity index (χ3n) is 7.34. The molecule has 1 fully saturated rings. The van der Waals surface area contributed by atoms with E-state index in [0.717, 1.165) is 50.6 Å². The Labute approximate surface area is 184 Å². The molecule has 0 spiro atoms. The van der Waals surface area contributed by atoms with Crippen LogP contribution >= 0.6 is 0 Å². The van der Waals surface area contributed by atoms with E-state index in [0.29, 0.717) is 11.6 Å². The van der Waals surface area contributed by atoms with Crippen LogP contribution in [0, 0.1) is 11.8 Å². The molecule has 4 nitrogen and oxygen atoms in total. The summed E-state index contributed by atoms with van der Waals surface area (Å²) < 4.78 is 5.32. The highest BCUT2D eigenvalue weighted by Crippen LogP contribution is 2.51. The molecule has 162 valence electrons. The van der Waals surface area contributed by atoms with E-state index in [1.54, 1.807) is 6.26 Å². The Balaban J connectivity index is 1.13. The molecule has 2 bridgehead atoms. The third kappa shape index (κ3) is 4.32. The lowest BCUT2D eigenvalue weighted by molar-refractivity contribution is -0.0574. The summed E-state index contributed by atoms with van der Waals surface area (Å²) in [6, 6.07) is 14.9. The van der Waals surface area contributed by atoms with Gasteiger partial charge >= 0.3 is 0 Å². The van der Waals surface area contributed by atoms with E-state index in [4.69, 9.17) is 4.42 Å². The number of nitrogens with zero attached hydrogens (tertiary/aromatic N) is 2. The van der Waals surface area contributed by atoms with Crippen LogP contribution in [0.4, 0.5) is 0 Å². The van der Waals surface area contributed by atoms with Gasteiger partial charge in [-0.15, -0.1) is 0 Å². The summed E-state index contributed by atoms with van der Waals surface area (Å²) in [5, 5.41) is 12.5. The number of hydrogen-bond donors (Lipinski definition) is 1. The smallest absolute Gasteiger partial charge is 0.225 e. The Morgan fingerprint density at radius 1 is 1.16 bits per heavy atom. The molecule has 0 unspecified atom stereocenters. The van der Waals surface area contributed by atoms with Gasteiger partial charge in [0.05, 0.1) is 11.9 Å². The fourth-order valence-electron chi connectivity index (χ4n) is 5.53. The summed E-state index contributed by atoms with van der Waals surface area (Å²) in [5.41, 5.74) is 4.20. The van der Waals surface area contributed by atoms with Crippen LogP contribution < -0.4 is 0 Å². The molecule has 31 heavy (non-hydrogen) atoms. The largest absolute Gasteiger partial charge is 0.446 e. The second kappa shape index (κ2) is 8.60. The zero-order valence-corrected chi connectivity index (χ0v) is 18.3. The standard InChI is InChI=1S/C27H32N2O2/c1-29(13-5-6-20-16-22-11-15-31-26(22)28-19-20)14-12-27(30)18-23-9-10-24(27)17-25(23)21-7-3-2-4-8-21/h2-4,7-8,11,15-17,19,23-24,30H,5-6,9-10,12-14,18H2,1H3/t23-,24+,27-/m0/s1. The van der Waals surface area contributed by atoms with E-state index in [2.05, 4.69) is 59.4 Å². The molecule has 0 amide bonds.